The van der Waals surface area contributed by atoms with Gasteiger partial charge in [0.1, 0.15) is 11.3 Å². The smallest absolute Gasteiger partial charge is 0.164 e. The van der Waals surface area contributed by atoms with Crippen molar-refractivity contribution in [1.82, 2.24) is 14.5 Å². The average molecular weight is 292 g/mol. The SMILES string of the molecule is Cc1ccc(-n2c(CCl)nc3cc(Cl)cnc32)cc1. The first-order valence-corrected chi connectivity index (χ1v) is 6.76. The molecule has 1 aromatic carbocycles. The number of rotatable bonds is 2. The van der Waals surface area contributed by atoms with Crippen molar-refractivity contribution < 1.29 is 0 Å². The fourth-order valence-electron chi connectivity index (χ4n) is 2.04. The Hall–Kier alpha value is -1.58. The molecule has 0 fully saturated rings. The van der Waals surface area contributed by atoms with Gasteiger partial charge in [-0.1, -0.05) is 29.3 Å². The Labute approximate surface area is 120 Å². The lowest BCUT2D eigenvalue weighted by Crippen LogP contribution is -2.00. The van der Waals surface area contributed by atoms with Crippen LogP contribution in [0, 0.1) is 6.92 Å². The van der Waals surface area contributed by atoms with Crippen molar-refractivity contribution in [2.75, 3.05) is 0 Å². The predicted octanol–water partition coefficient (Wildman–Crippen LogP) is 4.12. The molecule has 3 rings (SSSR count). The second-order valence-electron chi connectivity index (χ2n) is 4.33. The van der Waals surface area contributed by atoms with E-state index in [2.05, 4.69) is 29.0 Å². The van der Waals surface area contributed by atoms with Crippen molar-refractivity contribution in [2.45, 2.75) is 12.8 Å². The first-order chi connectivity index (χ1) is 9.19. The number of imidazole rings is 1. The lowest BCUT2D eigenvalue weighted by Gasteiger charge is -2.07. The summed E-state index contributed by atoms with van der Waals surface area (Å²) >= 11 is 11.9. The van der Waals surface area contributed by atoms with Gasteiger partial charge in [0.2, 0.25) is 0 Å². The first-order valence-electron chi connectivity index (χ1n) is 5.85. The monoisotopic (exact) mass is 291 g/mol. The van der Waals surface area contributed by atoms with E-state index in [1.54, 1.807) is 12.3 Å². The maximum absolute atomic E-state index is 5.98. The zero-order valence-electron chi connectivity index (χ0n) is 10.3. The zero-order chi connectivity index (χ0) is 13.4. The topological polar surface area (TPSA) is 30.7 Å². The molecule has 3 nitrogen and oxygen atoms in total. The number of halogens is 2. The van der Waals surface area contributed by atoms with E-state index in [9.17, 15) is 0 Å². The normalized spacial score (nSPS) is 11.1. The number of aryl methyl sites for hydroxylation is 1. The minimum absolute atomic E-state index is 0.321. The van der Waals surface area contributed by atoms with Gasteiger partial charge in [-0.25, -0.2) is 9.97 Å². The van der Waals surface area contributed by atoms with E-state index in [-0.39, 0.29) is 0 Å². The van der Waals surface area contributed by atoms with Crippen LogP contribution in [0.25, 0.3) is 16.9 Å². The summed E-state index contributed by atoms with van der Waals surface area (Å²) in [7, 11) is 0. The summed E-state index contributed by atoms with van der Waals surface area (Å²) in [6, 6.07) is 9.96. The summed E-state index contributed by atoms with van der Waals surface area (Å²) in [6.45, 7) is 2.05. The molecule has 0 unspecified atom stereocenters. The fraction of sp³-hybridized carbons (Fsp3) is 0.143. The molecule has 0 bridgehead atoms. The van der Waals surface area contributed by atoms with Crippen LogP contribution in [0.1, 0.15) is 11.4 Å². The van der Waals surface area contributed by atoms with Crippen LogP contribution in [0.2, 0.25) is 5.02 Å². The molecule has 0 atom stereocenters. The van der Waals surface area contributed by atoms with Crippen LogP contribution in [0.5, 0.6) is 0 Å². The van der Waals surface area contributed by atoms with Gasteiger partial charge in [0.25, 0.3) is 0 Å². The van der Waals surface area contributed by atoms with Gasteiger partial charge in [0.15, 0.2) is 5.65 Å². The Morgan fingerprint density at radius 1 is 1.21 bits per heavy atom. The van der Waals surface area contributed by atoms with Crippen molar-refractivity contribution in [1.29, 1.82) is 0 Å². The first kappa shape index (κ1) is 12.5. The third-order valence-electron chi connectivity index (χ3n) is 2.94. The van der Waals surface area contributed by atoms with Gasteiger partial charge in [-0.2, -0.15) is 0 Å². The van der Waals surface area contributed by atoms with Crippen LogP contribution >= 0.6 is 23.2 Å². The number of hydrogen-bond acceptors (Lipinski definition) is 2. The van der Waals surface area contributed by atoms with E-state index in [0.29, 0.717) is 10.9 Å². The highest BCUT2D eigenvalue weighted by molar-refractivity contribution is 6.31. The number of alkyl halides is 1. The van der Waals surface area contributed by atoms with Gasteiger partial charge >= 0.3 is 0 Å². The zero-order valence-corrected chi connectivity index (χ0v) is 11.8. The largest absolute Gasteiger partial charge is 0.280 e. The van der Waals surface area contributed by atoms with E-state index < -0.39 is 0 Å². The Morgan fingerprint density at radius 3 is 2.63 bits per heavy atom. The molecule has 5 heteroatoms. The van der Waals surface area contributed by atoms with Crippen molar-refractivity contribution in [3.05, 3.63) is 52.9 Å². The van der Waals surface area contributed by atoms with E-state index in [1.807, 2.05) is 16.7 Å². The molecule has 0 saturated carbocycles. The van der Waals surface area contributed by atoms with Gasteiger partial charge in [-0.3, -0.25) is 4.57 Å². The van der Waals surface area contributed by atoms with Crippen molar-refractivity contribution in [3.63, 3.8) is 0 Å². The summed E-state index contributed by atoms with van der Waals surface area (Å²) in [5, 5.41) is 0.571. The molecule has 2 heterocycles. The second-order valence-corrected chi connectivity index (χ2v) is 5.03. The van der Waals surface area contributed by atoms with E-state index in [4.69, 9.17) is 23.2 Å². The van der Waals surface area contributed by atoms with E-state index in [0.717, 1.165) is 22.7 Å². The molecule has 0 aliphatic rings. The minimum atomic E-state index is 0.321. The number of nitrogens with zero attached hydrogens (tertiary/aromatic N) is 3. The van der Waals surface area contributed by atoms with Crippen LogP contribution in [-0.2, 0) is 5.88 Å². The number of benzene rings is 1. The Morgan fingerprint density at radius 2 is 1.95 bits per heavy atom. The van der Waals surface area contributed by atoms with Crippen molar-refractivity contribution in [3.8, 4) is 5.69 Å². The predicted molar refractivity (Wildman–Crippen MR) is 78.2 cm³/mol. The molecule has 0 aliphatic carbocycles. The second kappa shape index (κ2) is 4.83. The molecular weight excluding hydrogens is 281 g/mol. The average Bonchev–Trinajstić information content (AvgIpc) is 2.77. The van der Waals surface area contributed by atoms with Crippen LogP contribution in [0.15, 0.2) is 36.5 Å². The lowest BCUT2D eigenvalue weighted by atomic mass is 10.2. The Balaban J connectivity index is 2.29. The standard InChI is InChI=1S/C14H11Cl2N3/c1-9-2-4-11(5-3-9)19-13(7-15)18-12-6-10(16)8-17-14(12)19/h2-6,8H,7H2,1H3. The number of aromatic nitrogens is 3. The molecule has 96 valence electrons. The number of pyridine rings is 1. The highest BCUT2D eigenvalue weighted by atomic mass is 35.5. The minimum Gasteiger partial charge on any atom is -0.280 e. The Kier molecular flexibility index (Phi) is 3.17. The molecule has 2 aromatic heterocycles. The van der Waals surface area contributed by atoms with Crippen LogP contribution in [0.4, 0.5) is 0 Å². The van der Waals surface area contributed by atoms with Gasteiger partial charge in [-0.05, 0) is 25.1 Å². The van der Waals surface area contributed by atoms with Gasteiger partial charge in [-0.15, -0.1) is 11.6 Å². The third-order valence-corrected chi connectivity index (χ3v) is 3.39. The number of hydrogen-bond donors (Lipinski definition) is 0. The summed E-state index contributed by atoms with van der Waals surface area (Å²) in [5.74, 6) is 1.08. The van der Waals surface area contributed by atoms with Crippen molar-refractivity contribution in [2.24, 2.45) is 0 Å². The fourth-order valence-corrected chi connectivity index (χ4v) is 2.37. The van der Waals surface area contributed by atoms with Gasteiger partial charge in [0, 0.05) is 11.9 Å². The highest BCUT2D eigenvalue weighted by Gasteiger charge is 2.13. The molecular formula is C14H11Cl2N3. The molecule has 0 saturated heterocycles. The Bertz CT molecular complexity index is 732. The van der Waals surface area contributed by atoms with Crippen molar-refractivity contribution >= 4 is 34.4 Å². The quantitative estimate of drug-likeness (QED) is 0.665. The summed E-state index contributed by atoms with van der Waals surface area (Å²) in [6.07, 6.45) is 1.62. The molecule has 0 amide bonds. The number of fused-ring (bicyclic) bond motifs is 1. The van der Waals surface area contributed by atoms with Gasteiger partial charge < -0.3 is 0 Å². The maximum Gasteiger partial charge on any atom is 0.164 e. The highest BCUT2D eigenvalue weighted by Crippen LogP contribution is 2.23. The maximum atomic E-state index is 5.98. The molecule has 0 N–H and O–H groups in total. The molecule has 0 spiro atoms. The molecule has 19 heavy (non-hydrogen) atoms. The summed E-state index contributed by atoms with van der Waals surface area (Å²) < 4.78 is 1.96. The van der Waals surface area contributed by atoms with Crippen LogP contribution in [-0.4, -0.2) is 14.5 Å². The molecule has 3 aromatic rings. The van der Waals surface area contributed by atoms with Crippen LogP contribution < -0.4 is 0 Å². The lowest BCUT2D eigenvalue weighted by molar-refractivity contribution is 0.969. The van der Waals surface area contributed by atoms with Crippen LogP contribution in [0.3, 0.4) is 0 Å². The molecule has 0 radical (unpaired) electrons. The van der Waals surface area contributed by atoms with Gasteiger partial charge in [0.05, 0.1) is 10.9 Å². The van der Waals surface area contributed by atoms with E-state index in [1.165, 1.54) is 5.56 Å². The third kappa shape index (κ3) is 2.20. The molecule has 0 aliphatic heterocycles. The summed E-state index contributed by atoms with van der Waals surface area (Å²) in [4.78, 5) is 8.83. The van der Waals surface area contributed by atoms with E-state index >= 15 is 0 Å². The summed E-state index contributed by atoms with van der Waals surface area (Å²) in [5.41, 5.74) is 3.72.